The van der Waals surface area contributed by atoms with Gasteiger partial charge in [0.1, 0.15) is 5.75 Å². The van der Waals surface area contributed by atoms with Crippen molar-refractivity contribution in [2.24, 2.45) is 0 Å². The Kier molecular flexibility index (Phi) is 4.43. The molecule has 0 heterocycles. The van der Waals surface area contributed by atoms with Crippen molar-refractivity contribution in [1.29, 1.82) is 0 Å². The van der Waals surface area contributed by atoms with Gasteiger partial charge in [-0.25, -0.2) is 0 Å². The van der Waals surface area contributed by atoms with Gasteiger partial charge < -0.3 is 9.64 Å². The smallest absolute Gasteiger partial charge is 0.122 e. The van der Waals surface area contributed by atoms with E-state index in [1.165, 1.54) is 5.56 Å². The maximum atomic E-state index is 6.09. The molecule has 0 aliphatic carbocycles. The normalized spacial score (nSPS) is 10.8. The van der Waals surface area contributed by atoms with Crippen LogP contribution in [0.15, 0.2) is 12.1 Å². The van der Waals surface area contributed by atoms with Crippen LogP contribution in [0.1, 0.15) is 11.1 Å². The van der Waals surface area contributed by atoms with Gasteiger partial charge in [-0.2, -0.15) is 0 Å². The van der Waals surface area contributed by atoms with Gasteiger partial charge >= 0.3 is 0 Å². The van der Waals surface area contributed by atoms with Gasteiger partial charge in [-0.3, -0.25) is 0 Å². The zero-order valence-corrected chi connectivity index (χ0v) is 10.6. The molecule has 0 aliphatic heterocycles. The second kappa shape index (κ2) is 5.38. The van der Waals surface area contributed by atoms with Crippen LogP contribution in [0.4, 0.5) is 0 Å². The van der Waals surface area contributed by atoms with Crippen LogP contribution >= 0.6 is 11.6 Å². The molecule has 0 radical (unpaired) electrons. The van der Waals surface area contributed by atoms with E-state index in [4.69, 9.17) is 16.3 Å². The molecule has 0 unspecified atom stereocenters. The number of aryl methyl sites for hydroxylation is 1. The number of likely N-dealkylation sites (N-methyl/N-ethyl adjacent to an activating group) is 1. The summed E-state index contributed by atoms with van der Waals surface area (Å²) in [5.74, 6) is 0.929. The SMILES string of the molecule is COc1cc(C)c(Cl)cc1CCN(C)C. The Morgan fingerprint density at radius 2 is 2.00 bits per heavy atom. The van der Waals surface area contributed by atoms with Crippen molar-refractivity contribution in [3.63, 3.8) is 0 Å². The standard InChI is InChI=1S/C12H18ClNO/c1-9-7-12(15-4)10(8-11(9)13)5-6-14(2)3/h7-8H,5-6H2,1-4H3. The summed E-state index contributed by atoms with van der Waals surface area (Å²) in [5, 5.41) is 0.810. The van der Waals surface area contributed by atoms with Crippen molar-refractivity contribution in [2.75, 3.05) is 27.7 Å². The molecule has 84 valence electrons. The van der Waals surface area contributed by atoms with Crippen LogP contribution in [-0.4, -0.2) is 32.6 Å². The Labute approximate surface area is 96.8 Å². The summed E-state index contributed by atoms with van der Waals surface area (Å²) in [4.78, 5) is 2.15. The minimum absolute atomic E-state index is 0.810. The number of halogens is 1. The number of hydrogen-bond acceptors (Lipinski definition) is 2. The van der Waals surface area contributed by atoms with Crippen molar-refractivity contribution in [1.82, 2.24) is 4.90 Å². The van der Waals surface area contributed by atoms with Crippen LogP contribution in [0.3, 0.4) is 0 Å². The highest BCUT2D eigenvalue weighted by Crippen LogP contribution is 2.26. The number of methoxy groups -OCH3 is 1. The van der Waals surface area contributed by atoms with E-state index in [0.29, 0.717) is 0 Å². The summed E-state index contributed by atoms with van der Waals surface area (Å²) < 4.78 is 5.34. The number of nitrogens with zero attached hydrogens (tertiary/aromatic N) is 1. The van der Waals surface area contributed by atoms with E-state index < -0.39 is 0 Å². The lowest BCUT2D eigenvalue weighted by Gasteiger charge is -2.13. The van der Waals surface area contributed by atoms with E-state index in [-0.39, 0.29) is 0 Å². The van der Waals surface area contributed by atoms with Crippen LogP contribution in [-0.2, 0) is 6.42 Å². The molecule has 0 spiro atoms. The Bertz CT molecular complexity index is 337. The molecule has 0 saturated carbocycles. The molecule has 15 heavy (non-hydrogen) atoms. The third-order valence-corrected chi connectivity index (χ3v) is 2.80. The van der Waals surface area contributed by atoms with Gasteiger partial charge in [0.2, 0.25) is 0 Å². The third-order valence-electron chi connectivity index (χ3n) is 2.39. The molecule has 1 rings (SSSR count). The van der Waals surface area contributed by atoms with Crippen LogP contribution in [0.5, 0.6) is 5.75 Å². The zero-order chi connectivity index (χ0) is 11.4. The summed E-state index contributed by atoms with van der Waals surface area (Å²) in [6, 6.07) is 3.99. The topological polar surface area (TPSA) is 12.5 Å². The molecule has 1 aromatic rings. The van der Waals surface area contributed by atoms with Crippen LogP contribution in [0.2, 0.25) is 5.02 Å². The van der Waals surface area contributed by atoms with E-state index in [9.17, 15) is 0 Å². The highest BCUT2D eigenvalue weighted by atomic mass is 35.5. The molecule has 3 heteroatoms. The van der Waals surface area contributed by atoms with E-state index in [2.05, 4.69) is 19.0 Å². The zero-order valence-electron chi connectivity index (χ0n) is 9.80. The van der Waals surface area contributed by atoms with E-state index in [0.717, 1.165) is 29.3 Å². The van der Waals surface area contributed by atoms with Gasteiger partial charge in [-0.1, -0.05) is 11.6 Å². The number of benzene rings is 1. The first-order valence-electron chi connectivity index (χ1n) is 5.02. The third kappa shape index (κ3) is 3.40. The Balaban J connectivity index is 2.89. The first-order chi connectivity index (χ1) is 7.04. The van der Waals surface area contributed by atoms with Crippen LogP contribution in [0, 0.1) is 6.92 Å². The Hall–Kier alpha value is -0.730. The maximum Gasteiger partial charge on any atom is 0.122 e. The lowest BCUT2D eigenvalue weighted by molar-refractivity contribution is 0.392. The summed E-state index contributed by atoms with van der Waals surface area (Å²) in [5.41, 5.74) is 2.23. The average Bonchev–Trinajstić information content (AvgIpc) is 2.19. The monoisotopic (exact) mass is 227 g/mol. The van der Waals surface area contributed by atoms with E-state index in [1.807, 2.05) is 19.1 Å². The molecule has 0 aliphatic rings. The molecule has 0 saturated heterocycles. The molecular formula is C12H18ClNO. The molecular weight excluding hydrogens is 210 g/mol. The number of rotatable bonds is 4. The molecule has 1 aromatic carbocycles. The fraction of sp³-hybridized carbons (Fsp3) is 0.500. The summed E-state index contributed by atoms with van der Waals surface area (Å²) in [6.45, 7) is 2.98. The minimum Gasteiger partial charge on any atom is -0.496 e. The number of hydrogen-bond donors (Lipinski definition) is 0. The van der Waals surface area contributed by atoms with Crippen molar-refractivity contribution in [3.8, 4) is 5.75 Å². The first-order valence-corrected chi connectivity index (χ1v) is 5.40. The van der Waals surface area contributed by atoms with Gasteiger partial charge in [0.15, 0.2) is 0 Å². The van der Waals surface area contributed by atoms with Gasteiger partial charge in [-0.15, -0.1) is 0 Å². The van der Waals surface area contributed by atoms with Gasteiger partial charge in [-0.05, 0) is 50.7 Å². The first kappa shape index (κ1) is 12.3. The lowest BCUT2D eigenvalue weighted by atomic mass is 10.1. The number of ether oxygens (including phenoxy) is 1. The fourth-order valence-electron chi connectivity index (χ4n) is 1.43. The van der Waals surface area contributed by atoms with Crippen molar-refractivity contribution in [3.05, 3.63) is 28.3 Å². The lowest BCUT2D eigenvalue weighted by Crippen LogP contribution is -2.15. The molecule has 2 nitrogen and oxygen atoms in total. The highest BCUT2D eigenvalue weighted by Gasteiger charge is 2.06. The second-order valence-corrected chi connectivity index (χ2v) is 4.37. The van der Waals surface area contributed by atoms with E-state index >= 15 is 0 Å². The largest absolute Gasteiger partial charge is 0.496 e. The molecule has 0 amide bonds. The van der Waals surface area contributed by atoms with E-state index in [1.54, 1.807) is 7.11 Å². The minimum atomic E-state index is 0.810. The Morgan fingerprint density at radius 3 is 2.53 bits per heavy atom. The van der Waals surface area contributed by atoms with Gasteiger partial charge in [0, 0.05) is 11.6 Å². The molecule has 0 bridgehead atoms. The highest BCUT2D eigenvalue weighted by molar-refractivity contribution is 6.31. The summed E-state index contributed by atoms with van der Waals surface area (Å²) in [6.07, 6.45) is 0.955. The van der Waals surface area contributed by atoms with Crippen LogP contribution in [0.25, 0.3) is 0 Å². The molecule has 0 aromatic heterocycles. The second-order valence-electron chi connectivity index (χ2n) is 3.97. The summed E-state index contributed by atoms with van der Waals surface area (Å²) in [7, 11) is 5.81. The van der Waals surface area contributed by atoms with Crippen molar-refractivity contribution < 1.29 is 4.74 Å². The van der Waals surface area contributed by atoms with Crippen molar-refractivity contribution in [2.45, 2.75) is 13.3 Å². The molecule has 0 N–H and O–H groups in total. The summed E-state index contributed by atoms with van der Waals surface area (Å²) >= 11 is 6.09. The molecule has 0 fully saturated rings. The quantitative estimate of drug-likeness (QED) is 0.785. The molecule has 0 atom stereocenters. The fourth-order valence-corrected chi connectivity index (χ4v) is 1.61. The predicted molar refractivity (Wildman–Crippen MR) is 65.0 cm³/mol. The van der Waals surface area contributed by atoms with Crippen molar-refractivity contribution >= 4 is 11.6 Å². The van der Waals surface area contributed by atoms with Gasteiger partial charge in [0.05, 0.1) is 7.11 Å². The Morgan fingerprint density at radius 1 is 1.33 bits per heavy atom. The van der Waals surface area contributed by atoms with Crippen LogP contribution < -0.4 is 4.74 Å². The predicted octanol–water partition coefficient (Wildman–Crippen LogP) is 2.76. The van der Waals surface area contributed by atoms with Gasteiger partial charge in [0.25, 0.3) is 0 Å². The maximum absolute atomic E-state index is 6.09. The average molecular weight is 228 g/mol.